The van der Waals surface area contributed by atoms with E-state index < -0.39 is 0 Å². The van der Waals surface area contributed by atoms with Crippen LogP contribution in [0.4, 0.5) is 0 Å². The maximum absolute atomic E-state index is 3.10. The van der Waals surface area contributed by atoms with Gasteiger partial charge in [-0.25, -0.2) is 8.19 Å². The van der Waals surface area contributed by atoms with Crippen LogP contribution in [0.25, 0.3) is 0 Å². The summed E-state index contributed by atoms with van der Waals surface area (Å²) in [5, 5.41) is 0. The van der Waals surface area contributed by atoms with Crippen LogP contribution >= 0.6 is 27.9 Å². The Bertz CT molecular complexity index is 170. The first-order valence-electron chi connectivity index (χ1n) is 2.87. The molecule has 1 heterocycles. The van der Waals surface area contributed by atoms with Gasteiger partial charge in [0.15, 0.2) is 0 Å². The van der Waals surface area contributed by atoms with Gasteiger partial charge in [-0.2, -0.15) is 23.0 Å². The van der Waals surface area contributed by atoms with Crippen molar-refractivity contribution < 1.29 is 14.8 Å². The Labute approximate surface area is 84.8 Å². The quantitative estimate of drug-likeness (QED) is 0.390. The van der Waals surface area contributed by atoms with Crippen molar-refractivity contribution >= 4 is 27.9 Å². The number of halogens is 1. The molecular formula is C7H8IPZn. The van der Waals surface area contributed by atoms with Crippen LogP contribution in [0.5, 0.6) is 0 Å². The summed E-state index contributed by atoms with van der Waals surface area (Å²) in [5.74, 6) is 5.26. The average molecular weight is 315 g/mol. The van der Waals surface area contributed by atoms with Gasteiger partial charge in [-0.3, -0.25) is 0 Å². The van der Waals surface area contributed by atoms with E-state index in [1.807, 2.05) is 6.07 Å². The van der Waals surface area contributed by atoms with Gasteiger partial charge in [-0.1, -0.05) is 13.8 Å². The minimum atomic E-state index is 1.20. The zero-order valence-corrected chi connectivity index (χ0v) is 12.2. The van der Waals surface area contributed by atoms with Crippen LogP contribution in [0, 0.1) is 19.6 Å². The first kappa shape index (κ1) is 11.0. The fraction of sp³-hybridized carbons (Fsp3) is 0.286. The maximum atomic E-state index is 3.10. The fourth-order valence-electron chi connectivity index (χ4n) is 0.484. The Morgan fingerprint density at radius 3 is 2.30 bits per heavy atom. The second kappa shape index (κ2) is 6.70. The third-order valence-corrected chi connectivity index (χ3v) is 2.03. The summed E-state index contributed by atoms with van der Waals surface area (Å²) in [6.45, 7) is 4.23. The van der Waals surface area contributed by atoms with Crippen molar-refractivity contribution in [3.8, 4) is 0 Å². The average Bonchev–Trinajstić information content (AvgIpc) is 2.00. The van der Waals surface area contributed by atoms with Gasteiger partial charge in [0.25, 0.3) is 0 Å². The van der Waals surface area contributed by atoms with E-state index in [1.165, 1.54) is 34.1 Å². The molecule has 0 spiro atoms. The van der Waals surface area contributed by atoms with Crippen molar-refractivity contribution in [2.24, 2.45) is 0 Å². The summed E-state index contributed by atoms with van der Waals surface area (Å²) in [5.41, 5.74) is 2.72. The number of hydrogen-bond donors (Lipinski definition) is 0. The first-order chi connectivity index (χ1) is 4.80. The second-order valence-corrected chi connectivity index (χ2v) is 2.67. The van der Waals surface area contributed by atoms with Gasteiger partial charge in [0.1, 0.15) is 0 Å². The van der Waals surface area contributed by atoms with Crippen LogP contribution in [0.15, 0.2) is 11.9 Å². The van der Waals surface area contributed by atoms with Crippen molar-refractivity contribution in [3.63, 3.8) is 0 Å². The van der Waals surface area contributed by atoms with Crippen molar-refractivity contribution in [1.29, 1.82) is 0 Å². The monoisotopic (exact) mass is 314 g/mol. The van der Waals surface area contributed by atoms with E-state index in [0.717, 1.165) is 0 Å². The molecule has 0 nitrogen and oxygen atoms in total. The van der Waals surface area contributed by atoms with Gasteiger partial charge in [-0.15, -0.1) is 5.80 Å². The second-order valence-electron chi connectivity index (χ2n) is 1.90. The first-order valence-corrected chi connectivity index (χ1v) is 12.9. The van der Waals surface area contributed by atoms with E-state index in [0.29, 0.717) is 0 Å². The van der Waals surface area contributed by atoms with Gasteiger partial charge in [0.05, 0.1) is 0 Å². The summed E-state index contributed by atoms with van der Waals surface area (Å²) >= 11 is 3.62. The van der Waals surface area contributed by atoms with Gasteiger partial charge in [-0.05, 0) is 0 Å². The standard InChI is InChI=1S/C7H8P.HI.Zn/c1-6-3-4-8-5-7(6)2;;/h3,5H,1-2H3;1H;/q-1;;+2/p-1. The van der Waals surface area contributed by atoms with Gasteiger partial charge in [0, 0.05) is 0 Å². The van der Waals surface area contributed by atoms with Crippen LogP contribution in [-0.2, 0) is 14.8 Å². The molecule has 0 radical (unpaired) electrons. The molecule has 1 rings (SSSR count). The van der Waals surface area contributed by atoms with E-state index in [-0.39, 0.29) is 0 Å². The Balaban J connectivity index is 0.000000371. The number of hydrogen-bond acceptors (Lipinski definition) is 0. The Morgan fingerprint density at radius 1 is 1.40 bits per heavy atom. The predicted octanol–water partition coefficient (Wildman–Crippen LogP) is 3.57. The zero-order valence-electron chi connectivity index (χ0n) is 6.19. The molecule has 1 aromatic rings. The van der Waals surface area contributed by atoms with Crippen molar-refractivity contribution in [3.05, 3.63) is 28.8 Å². The van der Waals surface area contributed by atoms with Crippen LogP contribution in [0.1, 0.15) is 11.1 Å². The summed E-state index contributed by atoms with van der Waals surface area (Å²) < 4.78 is 0. The minimum absolute atomic E-state index is 1.20. The van der Waals surface area contributed by atoms with Gasteiger partial charge in [0.2, 0.25) is 0 Å². The third kappa shape index (κ3) is 4.00. The van der Waals surface area contributed by atoms with Gasteiger partial charge >= 0.3 is 34.5 Å². The molecule has 0 saturated heterocycles. The Morgan fingerprint density at radius 2 is 2.00 bits per heavy atom. The molecule has 0 amide bonds. The molecule has 0 aliphatic carbocycles. The fourth-order valence-corrected chi connectivity index (χ4v) is 1.22. The number of rotatable bonds is 0. The Kier molecular flexibility index (Phi) is 7.37. The van der Waals surface area contributed by atoms with E-state index >= 15 is 0 Å². The van der Waals surface area contributed by atoms with E-state index in [9.17, 15) is 0 Å². The van der Waals surface area contributed by atoms with Crippen LogP contribution in [-0.4, -0.2) is 0 Å². The predicted molar refractivity (Wildman–Crippen MR) is 51.3 cm³/mol. The van der Waals surface area contributed by atoms with E-state index in [1.54, 1.807) is 0 Å². The SMILES string of the molecule is Cc1c[c-]pcc1C.[Zn+][I]. The molecule has 0 atom stereocenters. The molecule has 0 bridgehead atoms. The molecule has 0 saturated carbocycles. The normalized spacial score (nSPS) is 8.90. The molecular weight excluding hydrogens is 307 g/mol. The molecule has 0 N–H and O–H groups in total. The summed E-state index contributed by atoms with van der Waals surface area (Å²) in [4.78, 5) is 0. The molecule has 10 heavy (non-hydrogen) atoms. The van der Waals surface area contributed by atoms with E-state index in [4.69, 9.17) is 0 Å². The molecule has 1 aromatic heterocycles. The topological polar surface area (TPSA) is 0 Å². The number of aryl methyl sites for hydroxylation is 2. The summed E-state index contributed by atoms with van der Waals surface area (Å²) in [6.07, 6.45) is 0. The molecule has 50 valence electrons. The van der Waals surface area contributed by atoms with Crippen molar-refractivity contribution in [2.45, 2.75) is 13.8 Å². The molecule has 0 aliphatic rings. The molecule has 3 heteroatoms. The molecule has 0 unspecified atom stereocenters. The molecule has 0 fully saturated rings. The molecule has 0 aliphatic heterocycles. The van der Waals surface area contributed by atoms with Crippen LogP contribution in [0.2, 0.25) is 0 Å². The van der Waals surface area contributed by atoms with E-state index in [2.05, 4.69) is 45.2 Å². The van der Waals surface area contributed by atoms with Crippen LogP contribution < -0.4 is 0 Å². The van der Waals surface area contributed by atoms with Crippen molar-refractivity contribution in [2.75, 3.05) is 0 Å². The Hall–Kier alpha value is 1.00. The van der Waals surface area contributed by atoms with Crippen molar-refractivity contribution in [1.82, 2.24) is 0 Å². The molecule has 0 aromatic carbocycles. The third-order valence-electron chi connectivity index (χ3n) is 1.24. The van der Waals surface area contributed by atoms with Gasteiger partial charge < -0.3 is 0 Å². The van der Waals surface area contributed by atoms with Crippen LogP contribution in [0.3, 0.4) is 0 Å². The summed E-state index contributed by atoms with van der Waals surface area (Å²) in [7, 11) is 1.20. The zero-order chi connectivity index (χ0) is 7.98. The summed E-state index contributed by atoms with van der Waals surface area (Å²) in [6, 6.07) is 2.04.